The fraction of sp³-hybridized carbons (Fsp3) is 0.333. The highest BCUT2D eigenvalue weighted by molar-refractivity contribution is 7.10. The van der Waals surface area contributed by atoms with E-state index in [-0.39, 0.29) is 18.4 Å². The SMILES string of the molecule is CCCN(CC(=O)N(Cc1ccccc1)Cc1sccc1C)C(=O)CCc1ccccc1. The first-order valence-electron chi connectivity index (χ1n) is 11.2. The summed E-state index contributed by atoms with van der Waals surface area (Å²) in [5.41, 5.74) is 3.43. The van der Waals surface area contributed by atoms with Crippen LogP contribution in [0.3, 0.4) is 0 Å². The molecule has 3 aromatic rings. The molecule has 0 spiro atoms. The Morgan fingerprint density at radius 2 is 1.47 bits per heavy atom. The summed E-state index contributed by atoms with van der Waals surface area (Å²) >= 11 is 1.67. The van der Waals surface area contributed by atoms with Crippen LogP contribution in [0.15, 0.2) is 72.1 Å². The first-order chi connectivity index (χ1) is 15.6. The normalized spacial score (nSPS) is 10.7. The van der Waals surface area contributed by atoms with E-state index in [1.807, 2.05) is 72.5 Å². The molecule has 2 aromatic carbocycles. The van der Waals surface area contributed by atoms with Crippen molar-refractivity contribution in [3.63, 3.8) is 0 Å². The number of hydrogen-bond donors (Lipinski definition) is 0. The van der Waals surface area contributed by atoms with E-state index >= 15 is 0 Å². The molecule has 0 saturated carbocycles. The van der Waals surface area contributed by atoms with Crippen LogP contribution in [0, 0.1) is 6.92 Å². The van der Waals surface area contributed by atoms with Crippen LogP contribution in [-0.4, -0.2) is 34.7 Å². The molecule has 3 rings (SSSR count). The van der Waals surface area contributed by atoms with Crippen LogP contribution in [0.1, 0.15) is 41.3 Å². The van der Waals surface area contributed by atoms with Gasteiger partial charge in [0.25, 0.3) is 0 Å². The molecule has 4 nitrogen and oxygen atoms in total. The first kappa shape index (κ1) is 23.7. The van der Waals surface area contributed by atoms with E-state index in [2.05, 4.69) is 18.4 Å². The molecule has 0 N–H and O–H groups in total. The number of thiophene rings is 1. The predicted octanol–water partition coefficient (Wildman–Crippen LogP) is 5.46. The zero-order valence-corrected chi connectivity index (χ0v) is 19.8. The Balaban J connectivity index is 1.69. The fourth-order valence-corrected chi connectivity index (χ4v) is 4.58. The van der Waals surface area contributed by atoms with Crippen LogP contribution in [0.4, 0.5) is 0 Å². The largest absolute Gasteiger partial charge is 0.333 e. The molecule has 0 atom stereocenters. The van der Waals surface area contributed by atoms with Crippen LogP contribution in [0.5, 0.6) is 0 Å². The van der Waals surface area contributed by atoms with E-state index in [9.17, 15) is 9.59 Å². The third-order valence-electron chi connectivity index (χ3n) is 5.51. The Labute approximate surface area is 195 Å². The maximum atomic E-state index is 13.4. The summed E-state index contributed by atoms with van der Waals surface area (Å²) in [6.45, 7) is 5.94. The van der Waals surface area contributed by atoms with E-state index < -0.39 is 0 Å². The molecule has 0 aliphatic rings. The maximum Gasteiger partial charge on any atom is 0.242 e. The number of benzene rings is 2. The highest BCUT2D eigenvalue weighted by Gasteiger charge is 2.22. The minimum Gasteiger partial charge on any atom is -0.333 e. The molecule has 0 radical (unpaired) electrons. The summed E-state index contributed by atoms with van der Waals surface area (Å²) in [7, 11) is 0. The number of rotatable bonds is 11. The van der Waals surface area contributed by atoms with Gasteiger partial charge in [-0.1, -0.05) is 67.6 Å². The molecule has 0 aliphatic heterocycles. The van der Waals surface area contributed by atoms with Crippen molar-refractivity contribution < 1.29 is 9.59 Å². The Morgan fingerprint density at radius 3 is 2.06 bits per heavy atom. The van der Waals surface area contributed by atoms with Gasteiger partial charge in [0, 0.05) is 24.4 Å². The van der Waals surface area contributed by atoms with Gasteiger partial charge in [0.05, 0.1) is 13.1 Å². The number of aryl methyl sites for hydroxylation is 2. The minimum atomic E-state index is -0.0110. The summed E-state index contributed by atoms with van der Waals surface area (Å²) in [5, 5.41) is 2.06. The van der Waals surface area contributed by atoms with Crippen LogP contribution in [0.2, 0.25) is 0 Å². The molecule has 0 bridgehead atoms. The Kier molecular flexibility index (Phi) is 9.05. The van der Waals surface area contributed by atoms with Crippen LogP contribution >= 0.6 is 11.3 Å². The standard InChI is InChI=1S/C27H32N2O2S/c1-3-17-28(26(30)15-14-23-10-6-4-7-11-23)21-27(31)29(19-24-12-8-5-9-13-24)20-25-22(2)16-18-32-25/h4-13,16,18H,3,14-15,17,19-21H2,1-2H3. The van der Waals surface area contributed by atoms with Gasteiger partial charge in [-0.25, -0.2) is 0 Å². The smallest absolute Gasteiger partial charge is 0.242 e. The Bertz CT molecular complexity index is 985. The second-order valence-electron chi connectivity index (χ2n) is 8.06. The molecule has 0 saturated heterocycles. The maximum absolute atomic E-state index is 13.4. The molecule has 0 unspecified atom stereocenters. The zero-order chi connectivity index (χ0) is 22.8. The van der Waals surface area contributed by atoms with Gasteiger partial charge < -0.3 is 9.80 Å². The molecule has 168 valence electrons. The molecule has 1 heterocycles. The van der Waals surface area contributed by atoms with Crippen molar-refractivity contribution in [2.24, 2.45) is 0 Å². The van der Waals surface area contributed by atoms with Gasteiger partial charge in [-0.05, 0) is 47.9 Å². The van der Waals surface area contributed by atoms with Gasteiger partial charge in [0.15, 0.2) is 0 Å². The summed E-state index contributed by atoms with van der Waals surface area (Å²) in [4.78, 5) is 31.1. The molecular formula is C27H32N2O2S. The van der Waals surface area contributed by atoms with Crippen molar-refractivity contribution in [2.75, 3.05) is 13.1 Å². The lowest BCUT2D eigenvalue weighted by Crippen LogP contribution is -2.42. The lowest BCUT2D eigenvalue weighted by atomic mass is 10.1. The van der Waals surface area contributed by atoms with Crippen molar-refractivity contribution in [2.45, 2.75) is 46.2 Å². The average Bonchev–Trinajstić information content (AvgIpc) is 3.22. The van der Waals surface area contributed by atoms with E-state index in [0.29, 0.717) is 32.5 Å². The molecular weight excluding hydrogens is 416 g/mol. The van der Waals surface area contributed by atoms with Gasteiger partial charge in [0.2, 0.25) is 11.8 Å². The van der Waals surface area contributed by atoms with Crippen molar-refractivity contribution in [1.82, 2.24) is 9.80 Å². The predicted molar refractivity (Wildman–Crippen MR) is 131 cm³/mol. The first-order valence-corrected chi connectivity index (χ1v) is 12.1. The van der Waals surface area contributed by atoms with Crippen LogP contribution in [-0.2, 0) is 29.1 Å². The summed E-state index contributed by atoms with van der Waals surface area (Å²) < 4.78 is 0. The topological polar surface area (TPSA) is 40.6 Å². The molecule has 1 aromatic heterocycles. The van der Waals surface area contributed by atoms with Gasteiger partial charge in [0.1, 0.15) is 0 Å². The third-order valence-corrected chi connectivity index (χ3v) is 6.52. The summed E-state index contributed by atoms with van der Waals surface area (Å²) in [6, 6.07) is 22.1. The van der Waals surface area contributed by atoms with Gasteiger partial charge in [-0.3, -0.25) is 9.59 Å². The van der Waals surface area contributed by atoms with Crippen molar-refractivity contribution in [3.05, 3.63) is 93.7 Å². The van der Waals surface area contributed by atoms with E-state index in [1.165, 1.54) is 10.4 Å². The van der Waals surface area contributed by atoms with Crippen molar-refractivity contribution in [3.8, 4) is 0 Å². The summed E-state index contributed by atoms with van der Waals surface area (Å²) in [5.74, 6) is 0.0270. The molecule has 0 fully saturated rings. The zero-order valence-electron chi connectivity index (χ0n) is 19.0. The molecule has 2 amide bonds. The Hall–Kier alpha value is -2.92. The summed E-state index contributed by atoms with van der Waals surface area (Å²) in [6.07, 6.45) is 1.93. The van der Waals surface area contributed by atoms with Crippen LogP contribution in [0.25, 0.3) is 0 Å². The minimum absolute atomic E-state index is 0.0110. The molecule has 32 heavy (non-hydrogen) atoms. The molecule has 5 heteroatoms. The highest BCUT2D eigenvalue weighted by Crippen LogP contribution is 2.20. The van der Waals surface area contributed by atoms with Gasteiger partial charge in [-0.15, -0.1) is 11.3 Å². The number of carbonyl (C=O) groups is 2. The number of nitrogens with zero attached hydrogens (tertiary/aromatic N) is 2. The number of hydrogen-bond acceptors (Lipinski definition) is 3. The quantitative estimate of drug-likeness (QED) is 0.391. The monoisotopic (exact) mass is 448 g/mol. The lowest BCUT2D eigenvalue weighted by Gasteiger charge is -2.28. The average molecular weight is 449 g/mol. The van der Waals surface area contributed by atoms with E-state index in [4.69, 9.17) is 0 Å². The number of carbonyl (C=O) groups excluding carboxylic acids is 2. The second-order valence-corrected chi connectivity index (χ2v) is 9.06. The van der Waals surface area contributed by atoms with Crippen molar-refractivity contribution >= 4 is 23.2 Å². The van der Waals surface area contributed by atoms with E-state index in [1.54, 1.807) is 16.2 Å². The highest BCUT2D eigenvalue weighted by atomic mass is 32.1. The van der Waals surface area contributed by atoms with E-state index in [0.717, 1.165) is 17.5 Å². The third kappa shape index (κ3) is 7.06. The van der Waals surface area contributed by atoms with Gasteiger partial charge in [-0.2, -0.15) is 0 Å². The second kappa shape index (κ2) is 12.2. The number of amides is 2. The van der Waals surface area contributed by atoms with Crippen LogP contribution < -0.4 is 0 Å². The van der Waals surface area contributed by atoms with Gasteiger partial charge >= 0.3 is 0 Å². The fourth-order valence-electron chi connectivity index (χ4n) is 3.65. The lowest BCUT2D eigenvalue weighted by molar-refractivity contribution is -0.141. The van der Waals surface area contributed by atoms with Crippen molar-refractivity contribution in [1.29, 1.82) is 0 Å². The Morgan fingerprint density at radius 1 is 0.812 bits per heavy atom. The molecule has 0 aliphatic carbocycles.